The van der Waals surface area contributed by atoms with Crippen LogP contribution < -0.4 is 11.1 Å². The standard InChI is InChI=1S/C24H34FN9O2/c1-24(2,14-26)15-8-28-22-19(21(27)30-34(22)9-15)23(35)29-18-11-31(3)10-17(25)20(18)33-6-4-32(5-7-33)16-12-36-13-16/h8-9,16-18,20H,4-7,10-13H2,1-3H3,(H2,27,30)(H,29,35). The van der Waals surface area contributed by atoms with Gasteiger partial charge in [0.25, 0.3) is 5.91 Å². The predicted octanol–water partition coefficient (Wildman–Crippen LogP) is -0.120. The number of nitrogen functional groups attached to an aromatic ring is 1. The molecule has 0 aromatic carbocycles. The largest absolute Gasteiger partial charge is 0.381 e. The van der Waals surface area contributed by atoms with Gasteiger partial charge in [0.15, 0.2) is 11.5 Å². The summed E-state index contributed by atoms with van der Waals surface area (Å²) in [6, 6.07) is 1.85. The van der Waals surface area contributed by atoms with Gasteiger partial charge in [0.2, 0.25) is 0 Å². The molecule has 12 heteroatoms. The van der Waals surface area contributed by atoms with Crippen molar-refractivity contribution in [2.75, 3.05) is 65.3 Å². The number of aromatic nitrogens is 3. The Morgan fingerprint density at radius 1 is 1.25 bits per heavy atom. The van der Waals surface area contributed by atoms with Gasteiger partial charge in [-0.15, -0.1) is 5.10 Å². The fourth-order valence-electron chi connectivity index (χ4n) is 5.42. The molecule has 0 aliphatic carbocycles. The van der Waals surface area contributed by atoms with Crippen LogP contribution in [-0.2, 0) is 10.2 Å². The zero-order valence-electron chi connectivity index (χ0n) is 21.0. The summed E-state index contributed by atoms with van der Waals surface area (Å²) in [4.78, 5) is 24.3. The molecule has 3 N–H and O–H groups in total. The average Bonchev–Trinajstić information content (AvgIpc) is 3.13. The Morgan fingerprint density at radius 3 is 2.58 bits per heavy atom. The molecular formula is C24H34FN9O2. The minimum Gasteiger partial charge on any atom is -0.381 e. The summed E-state index contributed by atoms with van der Waals surface area (Å²) in [6.07, 6.45) is 2.14. The van der Waals surface area contributed by atoms with Gasteiger partial charge in [-0.25, -0.2) is 13.9 Å². The molecule has 0 saturated carbocycles. The monoisotopic (exact) mass is 499 g/mol. The molecule has 36 heavy (non-hydrogen) atoms. The Hall–Kier alpha value is -2.85. The number of ether oxygens (including phenoxy) is 1. The molecule has 2 aromatic rings. The molecule has 0 radical (unpaired) electrons. The van der Waals surface area contributed by atoms with Crippen LogP contribution in [0.3, 0.4) is 0 Å². The molecule has 3 aliphatic rings. The van der Waals surface area contributed by atoms with E-state index in [2.05, 4.69) is 31.3 Å². The number of piperazine rings is 1. The van der Waals surface area contributed by atoms with E-state index in [4.69, 9.17) is 10.5 Å². The highest BCUT2D eigenvalue weighted by Gasteiger charge is 2.42. The number of carbonyl (C=O) groups excluding carboxylic acids is 1. The molecule has 194 valence electrons. The highest BCUT2D eigenvalue weighted by Crippen LogP contribution is 2.26. The second-order valence-corrected chi connectivity index (χ2v) is 10.7. The molecule has 3 atom stereocenters. The van der Waals surface area contributed by atoms with Crippen LogP contribution >= 0.6 is 0 Å². The summed E-state index contributed by atoms with van der Waals surface area (Å²) >= 11 is 0. The fourth-order valence-corrected chi connectivity index (χ4v) is 5.42. The van der Waals surface area contributed by atoms with Gasteiger partial charge in [-0.05, 0) is 20.9 Å². The van der Waals surface area contributed by atoms with Gasteiger partial charge < -0.3 is 20.7 Å². The molecular weight excluding hydrogens is 465 g/mol. The van der Waals surface area contributed by atoms with Gasteiger partial charge in [-0.2, -0.15) is 5.26 Å². The van der Waals surface area contributed by atoms with Crippen LogP contribution in [-0.4, -0.2) is 119 Å². The first kappa shape index (κ1) is 24.8. The van der Waals surface area contributed by atoms with Crippen molar-refractivity contribution in [3.05, 3.63) is 23.5 Å². The first-order valence-electron chi connectivity index (χ1n) is 12.4. The van der Waals surface area contributed by atoms with Crippen molar-refractivity contribution in [1.82, 2.24) is 34.6 Å². The van der Waals surface area contributed by atoms with E-state index >= 15 is 4.39 Å². The number of fused-ring (bicyclic) bond motifs is 1. The summed E-state index contributed by atoms with van der Waals surface area (Å²) in [5, 5.41) is 16.8. The van der Waals surface area contributed by atoms with E-state index in [1.807, 2.05) is 11.9 Å². The summed E-state index contributed by atoms with van der Waals surface area (Å²) in [5.74, 6) is -0.384. The van der Waals surface area contributed by atoms with Crippen molar-refractivity contribution in [3.8, 4) is 6.07 Å². The SMILES string of the molecule is CN1CC(F)C(N2CCN(C3COC3)CC2)C(NC(=O)c2c(N)nn3cc(C(C)(C)C#N)cnc23)C1. The molecule has 5 heterocycles. The first-order valence-corrected chi connectivity index (χ1v) is 12.4. The molecule has 0 spiro atoms. The normalized spacial score (nSPS) is 27.0. The maximum Gasteiger partial charge on any atom is 0.259 e. The van der Waals surface area contributed by atoms with Crippen LogP contribution in [0.15, 0.2) is 12.4 Å². The number of hydrogen-bond donors (Lipinski definition) is 2. The van der Waals surface area contributed by atoms with Crippen LogP contribution in [0.1, 0.15) is 29.8 Å². The average molecular weight is 500 g/mol. The van der Waals surface area contributed by atoms with E-state index in [0.29, 0.717) is 30.3 Å². The van der Waals surface area contributed by atoms with Gasteiger partial charge >= 0.3 is 0 Å². The number of nitriles is 1. The molecule has 1 amide bonds. The number of piperidine rings is 1. The molecule has 11 nitrogen and oxygen atoms in total. The maximum atomic E-state index is 15.4. The van der Waals surface area contributed by atoms with E-state index in [1.54, 1.807) is 26.2 Å². The number of hydrogen-bond acceptors (Lipinski definition) is 9. The van der Waals surface area contributed by atoms with Crippen molar-refractivity contribution >= 4 is 17.4 Å². The van der Waals surface area contributed by atoms with Crippen molar-refractivity contribution in [3.63, 3.8) is 0 Å². The second-order valence-electron chi connectivity index (χ2n) is 10.7. The molecule has 2 aromatic heterocycles. The lowest BCUT2D eigenvalue weighted by Gasteiger charge is -2.49. The third-order valence-electron chi connectivity index (χ3n) is 7.73. The summed E-state index contributed by atoms with van der Waals surface area (Å²) < 4.78 is 22.2. The number of alkyl halides is 1. The van der Waals surface area contributed by atoms with Crippen molar-refractivity contribution in [2.45, 2.75) is 43.6 Å². The van der Waals surface area contributed by atoms with Gasteiger partial charge in [0, 0.05) is 57.2 Å². The molecule has 3 unspecified atom stereocenters. The number of nitrogens with one attached hydrogen (secondary N) is 1. The van der Waals surface area contributed by atoms with Crippen molar-refractivity contribution in [1.29, 1.82) is 5.26 Å². The smallest absolute Gasteiger partial charge is 0.259 e. The Labute approximate surface area is 210 Å². The zero-order chi connectivity index (χ0) is 25.6. The fraction of sp³-hybridized carbons (Fsp3) is 0.667. The minimum atomic E-state index is -1.09. The number of amides is 1. The van der Waals surface area contributed by atoms with Gasteiger partial charge in [0.05, 0.1) is 42.8 Å². The van der Waals surface area contributed by atoms with Crippen LogP contribution in [0.5, 0.6) is 0 Å². The number of anilines is 1. The lowest BCUT2D eigenvalue weighted by atomic mass is 9.89. The lowest BCUT2D eigenvalue weighted by Crippen LogP contribution is -2.68. The van der Waals surface area contributed by atoms with Gasteiger partial charge in [-0.1, -0.05) is 0 Å². The van der Waals surface area contributed by atoms with E-state index in [9.17, 15) is 10.1 Å². The first-order chi connectivity index (χ1) is 17.2. The third kappa shape index (κ3) is 4.52. The number of carbonyl (C=O) groups is 1. The van der Waals surface area contributed by atoms with Crippen LogP contribution in [0, 0.1) is 11.3 Å². The Kier molecular flexibility index (Phi) is 6.59. The second kappa shape index (κ2) is 9.55. The molecule has 3 fully saturated rings. The number of likely N-dealkylation sites (N-methyl/N-ethyl adjacent to an activating group) is 1. The maximum absolute atomic E-state index is 15.4. The van der Waals surface area contributed by atoms with E-state index in [1.165, 1.54) is 4.52 Å². The van der Waals surface area contributed by atoms with Crippen LogP contribution in [0.25, 0.3) is 5.65 Å². The highest BCUT2D eigenvalue weighted by molar-refractivity contribution is 6.04. The Balaban J connectivity index is 1.35. The molecule has 5 rings (SSSR count). The highest BCUT2D eigenvalue weighted by atomic mass is 19.1. The summed E-state index contributed by atoms with van der Waals surface area (Å²) in [5.41, 5.74) is 6.49. The Bertz CT molecular complexity index is 1170. The molecule has 3 aliphatic heterocycles. The predicted molar refractivity (Wildman–Crippen MR) is 131 cm³/mol. The minimum absolute atomic E-state index is 0.0424. The quantitative estimate of drug-likeness (QED) is 0.579. The number of likely N-dealkylation sites (tertiary alicyclic amines) is 1. The van der Waals surface area contributed by atoms with Crippen molar-refractivity contribution in [2.24, 2.45) is 0 Å². The number of nitrogens with two attached hydrogens (primary N) is 1. The summed E-state index contributed by atoms with van der Waals surface area (Å²) in [6.45, 7) is 9.16. The van der Waals surface area contributed by atoms with E-state index in [-0.39, 0.29) is 11.4 Å². The van der Waals surface area contributed by atoms with E-state index < -0.39 is 29.6 Å². The van der Waals surface area contributed by atoms with Crippen LogP contribution in [0.2, 0.25) is 0 Å². The molecule has 3 saturated heterocycles. The van der Waals surface area contributed by atoms with E-state index in [0.717, 1.165) is 39.4 Å². The number of nitrogens with zero attached hydrogens (tertiary/aromatic N) is 7. The van der Waals surface area contributed by atoms with Gasteiger partial charge in [-0.3, -0.25) is 14.6 Å². The zero-order valence-corrected chi connectivity index (χ0v) is 21.0. The number of halogens is 1. The van der Waals surface area contributed by atoms with Crippen molar-refractivity contribution < 1.29 is 13.9 Å². The topological polar surface area (TPSA) is 128 Å². The summed E-state index contributed by atoms with van der Waals surface area (Å²) in [7, 11) is 1.86. The number of rotatable bonds is 5. The Morgan fingerprint density at radius 2 is 1.94 bits per heavy atom. The van der Waals surface area contributed by atoms with Crippen LogP contribution in [0.4, 0.5) is 10.2 Å². The third-order valence-corrected chi connectivity index (χ3v) is 7.73. The lowest BCUT2D eigenvalue weighted by molar-refractivity contribution is -0.0869. The molecule has 0 bridgehead atoms. The van der Waals surface area contributed by atoms with Gasteiger partial charge in [0.1, 0.15) is 11.7 Å².